The Kier molecular flexibility index (Phi) is 6.13. The van der Waals surface area contributed by atoms with Gasteiger partial charge in [-0.25, -0.2) is 0 Å². The van der Waals surface area contributed by atoms with Gasteiger partial charge in [-0.15, -0.1) is 0 Å². The van der Waals surface area contributed by atoms with Gasteiger partial charge in [0.2, 0.25) is 0 Å². The summed E-state index contributed by atoms with van der Waals surface area (Å²) in [7, 11) is 0. The quantitative estimate of drug-likeness (QED) is 0.785. The van der Waals surface area contributed by atoms with Crippen LogP contribution in [0.4, 0.5) is 0 Å². The van der Waals surface area contributed by atoms with Crippen molar-refractivity contribution in [1.29, 1.82) is 0 Å². The van der Waals surface area contributed by atoms with Crippen molar-refractivity contribution >= 4 is 5.97 Å². The fourth-order valence-corrected chi connectivity index (χ4v) is 3.17. The first-order valence-corrected chi connectivity index (χ1v) is 7.40. The van der Waals surface area contributed by atoms with E-state index in [-0.39, 0.29) is 17.8 Å². The van der Waals surface area contributed by atoms with Crippen LogP contribution in [0.1, 0.15) is 65.7 Å². The summed E-state index contributed by atoms with van der Waals surface area (Å²) in [4.78, 5) is 12.1. The largest absolute Gasteiger partial charge is 0.466 e. The van der Waals surface area contributed by atoms with Crippen molar-refractivity contribution in [3.05, 3.63) is 0 Å². The smallest absolute Gasteiger partial charge is 0.312 e. The van der Waals surface area contributed by atoms with Crippen molar-refractivity contribution in [3.63, 3.8) is 0 Å². The highest BCUT2D eigenvalue weighted by Crippen LogP contribution is 2.37. The minimum Gasteiger partial charge on any atom is -0.466 e. The maximum atomic E-state index is 12.1. The summed E-state index contributed by atoms with van der Waals surface area (Å²) >= 11 is 0. The molecule has 0 bridgehead atoms. The highest BCUT2D eigenvalue weighted by molar-refractivity contribution is 5.74. The van der Waals surface area contributed by atoms with E-state index in [1.807, 2.05) is 20.8 Å². The molecule has 1 fully saturated rings. The minimum absolute atomic E-state index is 0.119. The molecule has 1 saturated carbocycles. The molecule has 1 rings (SSSR count). The fourth-order valence-electron chi connectivity index (χ4n) is 3.17. The number of hydrogen-bond acceptors (Lipinski definition) is 3. The maximum Gasteiger partial charge on any atom is 0.312 e. The van der Waals surface area contributed by atoms with Crippen LogP contribution >= 0.6 is 0 Å². The summed E-state index contributed by atoms with van der Waals surface area (Å²) in [6.45, 7) is 6.20. The number of aliphatic hydroxyl groups is 1. The van der Waals surface area contributed by atoms with E-state index >= 15 is 0 Å². The van der Waals surface area contributed by atoms with Crippen LogP contribution in [0.5, 0.6) is 0 Å². The fraction of sp³-hybridized carbons (Fsp3) is 0.933. The first-order valence-electron chi connectivity index (χ1n) is 7.40. The Labute approximate surface area is 111 Å². The van der Waals surface area contributed by atoms with Crippen molar-refractivity contribution in [2.75, 3.05) is 6.61 Å². The molecule has 18 heavy (non-hydrogen) atoms. The second-order valence-electron chi connectivity index (χ2n) is 5.85. The zero-order chi connectivity index (χ0) is 13.6. The normalized spacial score (nSPS) is 22.1. The first-order chi connectivity index (χ1) is 8.51. The summed E-state index contributed by atoms with van der Waals surface area (Å²) in [5.41, 5.74) is -0.860. The third-order valence-corrected chi connectivity index (χ3v) is 4.01. The van der Waals surface area contributed by atoms with Gasteiger partial charge in [0, 0.05) is 0 Å². The van der Waals surface area contributed by atoms with Gasteiger partial charge < -0.3 is 9.84 Å². The van der Waals surface area contributed by atoms with Crippen LogP contribution in [-0.2, 0) is 9.53 Å². The standard InChI is InChI=1S/C15H28O3/c1-4-18-14(16)13(12(2)3)15(17)10-8-6-5-7-9-11-15/h12-13,17H,4-11H2,1-3H3. The first kappa shape index (κ1) is 15.5. The molecule has 1 atom stereocenters. The topological polar surface area (TPSA) is 46.5 Å². The predicted octanol–water partition coefficient (Wildman–Crippen LogP) is 3.30. The van der Waals surface area contributed by atoms with Crippen LogP contribution in [0, 0.1) is 11.8 Å². The Bertz CT molecular complexity index is 252. The van der Waals surface area contributed by atoms with Gasteiger partial charge in [0.1, 0.15) is 0 Å². The molecule has 0 aliphatic heterocycles. The average Bonchev–Trinajstić information content (AvgIpc) is 2.24. The van der Waals surface area contributed by atoms with Crippen LogP contribution in [0.25, 0.3) is 0 Å². The van der Waals surface area contributed by atoms with Gasteiger partial charge in [0.15, 0.2) is 0 Å². The van der Waals surface area contributed by atoms with Gasteiger partial charge in [-0.1, -0.05) is 46.0 Å². The summed E-state index contributed by atoms with van der Waals surface area (Å²) in [6, 6.07) is 0. The predicted molar refractivity (Wildman–Crippen MR) is 72.2 cm³/mol. The Morgan fingerprint density at radius 1 is 1.17 bits per heavy atom. The average molecular weight is 256 g/mol. The highest BCUT2D eigenvalue weighted by Gasteiger charge is 2.43. The van der Waals surface area contributed by atoms with Crippen LogP contribution in [0.2, 0.25) is 0 Å². The molecule has 0 aromatic rings. The molecule has 3 heteroatoms. The second kappa shape index (κ2) is 7.13. The third kappa shape index (κ3) is 3.98. The molecular formula is C15H28O3. The summed E-state index contributed by atoms with van der Waals surface area (Å²) in [5.74, 6) is -0.486. The van der Waals surface area contributed by atoms with E-state index in [0.29, 0.717) is 6.61 Å². The molecule has 1 N–H and O–H groups in total. The molecule has 0 spiro atoms. The number of carbonyl (C=O) groups excluding carboxylic acids is 1. The zero-order valence-corrected chi connectivity index (χ0v) is 12.1. The molecular weight excluding hydrogens is 228 g/mol. The lowest BCUT2D eigenvalue weighted by atomic mass is 9.72. The van der Waals surface area contributed by atoms with Gasteiger partial charge in [-0.05, 0) is 25.7 Å². The summed E-state index contributed by atoms with van der Waals surface area (Å²) in [6.07, 6.45) is 7.06. The monoisotopic (exact) mass is 256 g/mol. The SMILES string of the molecule is CCOC(=O)C(C(C)C)C1(O)CCCCCCC1. The van der Waals surface area contributed by atoms with Gasteiger partial charge in [-0.2, -0.15) is 0 Å². The van der Waals surface area contributed by atoms with Crippen LogP contribution < -0.4 is 0 Å². The number of rotatable bonds is 4. The molecule has 0 radical (unpaired) electrons. The molecule has 1 aliphatic rings. The zero-order valence-electron chi connectivity index (χ0n) is 12.1. The van der Waals surface area contributed by atoms with Crippen molar-refractivity contribution in [2.24, 2.45) is 11.8 Å². The minimum atomic E-state index is -0.860. The third-order valence-electron chi connectivity index (χ3n) is 4.01. The Hall–Kier alpha value is -0.570. The van der Waals surface area contributed by atoms with Gasteiger partial charge in [0.05, 0.1) is 18.1 Å². The van der Waals surface area contributed by atoms with E-state index in [0.717, 1.165) is 38.5 Å². The van der Waals surface area contributed by atoms with Crippen molar-refractivity contribution < 1.29 is 14.6 Å². The number of ether oxygens (including phenoxy) is 1. The van der Waals surface area contributed by atoms with E-state index in [1.54, 1.807) is 0 Å². The molecule has 0 amide bonds. The number of carbonyl (C=O) groups is 1. The molecule has 0 aromatic carbocycles. The molecule has 0 heterocycles. The summed E-state index contributed by atoms with van der Waals surface area (Å²) < 4.78 is 5.16. The van der Waals surface area contributed by atoms with E-state index in [1.165, 1.54) is 6.42 Å². The molecule has 3 nitrogen and oxygen atoms in total. The van der Waals surface area contributed by atoms with Gasteiger partial charge >= 0.3 is 5.97 Å². The van der Waals surface area contributed by atoms with Gasteiger partial charge in [0.25, 0.3) is 0 Å². The molecule has 0 aromatic heterocycles. The van der Waals surface area contributed by atoms with Crippen molar-refractivity contribution in [3.8, 4) is 0 Å². The van der Waals surface area contributed by atoms with Crippen LogP contribution in [-0.4, -0.2) is 23.3 Å². The van der Waals surface area contributed by atoms with E-state index in [4.69, 9.17) is 4.74 Å². The number of esters is 1. The lowest BCUT2D eigenvalue weighted by Crippen LogP contribution is -2.46. The lowest BCUT2D eigenvalue weighted by molar-refractivity contribution is -0.164. The Balaban J connectivity index is 2.82. The molecule has 0 saturated heterocycles. The van der Waals surface area contributed by atoms with Gasteiger partial charge in [-0.3, -0.25) is 4.79 Å². The van der Waals surface area contributed by atoms with E-state index in [9.17, 15) is 9.90 Å². The second-order valence-corrected chi connectivity index (χ2v) is 5.85. The molecule has 106 valence electrons. The van der Waals surface area contributed by atoms with E-state index in [2.05, 4.69) is 0 Å². The Morgan fingerprint density at radius 2 is 1.67 bits per heavy atom. The number of hydrogen-bond donors (Lipinski definition) is 1. The lowest BCUT2D eigenvalue weighted by Gasteiger charge is -2.38. The van der Waals surface area contributed by atoms with Crippen LogP contribution in [0.3, 0.4) is 0 Å². The van der Waals surface area contributed by atoms with Crippen LogP contribution in [0.15, 0.2) is 0 Å². The molecule has 1 unspecified atom stereocenters. The maximum absolute atomic E-state index is 12.1. The van der Waals surface area contributed by atoms with E-state index < -0.39 is 5.60 Å². The van der Waals surface area contributed by atoms with Crippen molar-refractivity contribution in [2.45, 2.75) is 71.3 Å². The Morgan fingerprint density at radius 3 is 2.11 bits per heavy atom. The molecule has 1 aliphatic carbocycles. The highest BCUT2D eigenvalue weighted by atomic mass is 16.5. The summed E-state index contributed by atoms with van der Waals surface area (Å²) in [5, 5.41) is 10.9. The van der Waals surface area contributed by atoms with Crippen molar-refractivity contribution in [1.82, 2.24) is 0 Å².